The van der Waals surface area contributed by atoms with Crippen molar-refractivity contribution in [2.45, 2.75) is 24.7 Å². The second-order valence-corrected chi connectivity index (χ2v) is 6.39. The third kappa shape index (κ3) is 3.70. The van der Waals surface area contributed by atoms with E-state index in [2.05, 4.69) is 0 Å². The van der Waals surface area contributed by atoms with Crippen LogP contribution in [0.4, 0.5) is 0 Å². The molecule has 0 radical (unpaired) electrons. The van der Waals surface area contributed by atoms with Gasteiger partial charge in [0.05, 0.1) is 0 Å². The molecule has 2 aromatic carbocycles. The Bertz CT molecular complexity index is 733. The van der Waals surface area contributed by atoms with Crippen molar-refractivity contribution in [3.8, 4) is 5.75 Å². The highest BCUT2D eigenvalue weighted by molar-refractivity contribution is 7.87. The third-order valence-electron chi connectivity index (χ3n) is 3.10. The van der Waals surface area contributed by atoms with Gasteiger partial charge in [0.25, 0.3) is 0 Å². The van der Waals surface area contributed by atoms with Gasteiger partial charge in [-0.15, -0.1) is 0 Å². The Kier molecular flexibility index (Phi) is 4.43. The van der Waals surface area contributed by atoms with Crippen LogP contribution < -0.4 is 4.18 Å². The van der Waals surface area contributed by atoms with Gasteiger partial charge < -0.3 is 8.98 Å². The smallest absolute Gasteiger partial charge is 0.339 e. The van der Waals surface area contributed by atoms with Crippen LogP contribution >= 0.6 is 0 Å². The Morgan fingerprint density at radius 3 is 2.38 bits per heavy atom. The lowest BCUT2D eigenvalue weighted by molar-refractivity contribution is -0.108. The number of hydrogen-bond donors (Lipinski definition) is 0. The molecule has 0 amide bonds. The molecule has 0 saturated carbocycles. The summed E-state index contributed by atoms with van der Waals surface area (Å²) in [4.78, 5) is 10.9. The number of benzene rings is 2. The summed E-state index contributed by atoms with van der Waals surface area (Å²) in [6.45, 7) is 3.61. The van der Waals surface area contributed by atoms with Crippen molar-refractivity contribution in [3.63, 3.8) is 0 Å². The van der Waals surface area contributed by atoms with Crippen molar-refractivity contribution < 1.29 is 17.4 Å². The van der Waals surface area contributed by atoms with E-state index in [4.69, 9.17) is 4.18 Å². The third-order valence-corrected chi connectivity index (χ3v) is 4.36. The molecule has 2 aromatic rings. The maximum absolute atomic E-state index is 12.2. The number of carbonyl (C=O) groups is 1. The van der Waals surface area contributed by atoms with Gasteiger partial charge in [-0.25, -0.2) is 0 Å². The zero-order valence-electron chi connectivity index (χ0n) is 11.8. The molecule has 0 aliphatic rings. The fraction of sp³-hybridized carbons (Fsp3) is 0.188. The summed E-state index contributed by atoms with van der Waals surface area (Å²) in [5, 5.41) is 0. The van der Waals surface area contributed by atoms with Crippen LogP contribution in [-0.4, -0.2) is 14.7 Å². The summed E-state index contributed by atoms with van der Waals surface area (Å²) >= 11 is 0. The minimum absolute atomic E-state index is 0.0990. The summed E-state index contributed by atoms with van der Waals surface area (Å²) in [6, 6.07) is 12.9. The lowest BCUT2D eigenvalue weighted by atomic mass is 10.0. The molecule has 110 valence electrons. The molecule has 0 fully saturated rings. The van der Waals surface area contributed by atoms with Crippen LogP contribution in [0.5, 0.6) is 5.75 Å². The highest BCUT2D eigenvalue weighted by Gasteiger charge is 2.17. The van der Waals surface area contributed by atoms with Gasteiger partial charge >= 0.3 is 10.1 Å². The minimum Gasteiger partial charge on any atom is -0.379 e. The molecule has 1 unspecified atom stereocenters. The highest BCUT2D eigenvalue weighted by atomic mass is 32.2. The van der Waals surface area contributed by atoms with Crippen molar-refractivity contribution in [2.24, 2.45) is 0 Å². The number of carbonyl (C=O) groups excluding carboxylic acids is 1. The Morgan fingerprint density at radius 2 is 1.76 bits per heavy atom. The second kappa shape index (κ2) is 6.10. The van der Waals surface area contributed by atoms with Gasteiger partial charge in [-0.3, -0.25) is 0 Å². The predicted octanol–water partition coefficient (Wildman–Crippen LogP) is 3.07. The Labute approximate surface area is 124 Å². The SMILES string of the molecule is Cc1ccc(S(=O)(=O)Oc2cccc(C(C)C=O)c2)cc1. The summed E-state index contributed by atoms with van der Waals surface area (Å²) in [5.41, 5.74) is 1.68. The van der Waals surface area contributed by atoms with E-state index in [-0.39, 0.29) is 16.6 Å². The fourth-order valence-electron chi connectivity index (χ4n) is 1.81. The van der Waals surface area contributed by atoms with Gasteiger partial charge in [0, 0.05) is 5.92 Å². The van der Waals surface area contributed by atoms with E-state index in [9.17, 15) is 13.2 Å². The first kappa shape index (κ1) is 15.3. The molecule has 0 aliphatic carbocycles. The lowest BCUT2D eigenvalue weighted by Gasteiger charge is -2.10. The van der Waals surface area contributed by atoms with Crippen molar-refractivity contribution in [1.29, 1.82) is 0 Å². The molecular formula is C16H16O4S. The van der Waals surface area contributed by atoms with E-state index in [1.54, 1.807) is 43.3 Å². The van der Waals surface area contributed by atoms with Gasteiger partial charge in [-0.2, -0.15) is 8.42 Å². The summed E-state index contributed by atoms with van der Waals surface area (Å²) < 4.78 is 29.5. The van der Waals surface area contributed by atoms with Crippen molar-refractivity contribution in [3.05, 3.63) is 59.7 Å². The summed E-state index contributed by atoms with van der Waals surface area (Å²) in [7, 11) is -3.87. The molecule has 21 heavy (non-hydrogen) atoms. The van der Waals surface area contributed by atoms with E-state index < -0.39 is 10.1 Å². The van der Waals surface area contributed by atoms with Gasteiger partial charge in [0.15, 0.2) is 0 Å². The van der Waals surface area contributed by atoms with Crippen molar-refractivity contribution >= 4 is 16.4 Å². The fourth-order valence-corrected chi connectivity index (χ4v) is 2.73. The first-order valence-corrected chi connectivity index (χ1v) is 7.89. The Morgan fingerprint density at radius 1 is 1.10 bits per heavy atom. The van der Waals surface area contributed by atoms with Crippen LogP contribution in [0.25, 0.3) is 0 Å². The number of aldehydes is 1. The maximum atomic E-state index is 12.2. The molecule has 4 nitrogen and oxygen atoms in total. The largest absolute Gasteiger partial charge is 0.379 e. The quantitative estimate of drug-likeness (QED) is 0.629. The zero-order chi connectivity index (χ0) is 15.5. The van der Waals surface area contributed by atoms with E-state index in [1.165, 1.54) is 12.1 Å². The van der Waals surface area contributed by atoms with Crippen LogP contribution in [0.1, 0.15) is 24.0 Å². The Hall–Kier alpha value is -2.14. The van der Waals surface area contributed by atoms with E-state index >= 15 is 0 Å². The van der Waals surface area contributed by atoms with Gasteiger partial charge in [0.1, 0.15) is 16.9 Å². The first-order chi connectivity index (χ1) is 9.92. The van der Waals surface area contributed by atoms with Gasteiger partial charge in [0.2, 0.25) is 0 Å². The minimum atomic E-state index is -3.87. The Balaban J connectivity index is 2.28. The lowest BCUT2D eigenvalue weighted by Crippen LogP contribution is -2.10. The van der Waals surface area contributed by atoms with Crippen LogP contribution in [0.3, 0.4) is 0 Å². The summed E-state index contributed by atoms with van der Waals surface area (Å²) in [5.74, 6) is -0.114. The van der Waals surface area contributed by atoms with E-state index in [1.807, 2.05) is 6.92 Å². The molecular weight excluding hydrogens is 288 g/mol. The topological polar surface area (TPSA) is 60.4 Å². The van der Waals surface area contributed by atoms with Crippen molar-refractivity contribution in [1.82, 2.24) is 0 Å². The first-order valence-electron chi connectivity index (χ1n) is 6.49. The average Bonchev–Trinajstić information content (AvgIpc) is 2.46. The maximum Gasteiger partial charge on any atom is 0.339 e. The molecule has 0 N–H and O–H groups in total. The van der Waals surface area contributed by atoms with Crippen LogP contribution in [0, 0.1) is 6.92 Å². The molecule has 1 atom stereocenters. The van der Waals surface area contributed by atoms with E-state index in [0.29, 0.717) is 5.56 Å². The average molecular weight is 304 g/mol. The van der Waals surface area contributed by atoms with Crippen LogP contribution in [0.2, 0.25) is 0 Å². The number of hydrogen-bond acceptors (Lipinski definition) is 4. The molecule has 5 heteroatoms. The molecule has 0 heterocycles. The normalized spacial score (nSPS) is 12.7. The monoisotopic (exact) mass is 304 g/mol. The standard InChI is InChI=1S/C16H16O4S/c1-12-6-8-16(9-7-12)21(18,19)20-15-5-3-4-14(10-15)13(2)11-17/h3-11,13H,1-2H3. The molecule has 0 bridgehead atoms. The number of rotatable bonds is 5. The van der Waals surface area contributed by atoms with E-state index in [0.717, 1.165) is 11.8 Å². The van der Waals surface area contributed by atoms with Crippen LogP contribution in [-0.2, 0) is 14.9 Å². The molecule has 0 aliphatic heterocycles. The second-order valence-electron chi connectivity index (χ2n) is 4.85. The van der Waals surface area contributed by atoms with Crippen LogP contribution in [0.15, 0.2) is 53.4 Å². The highest BCUT2D eigenvalue weighted by Crippen LogP contribution is 2.23. The molecule has 0 spiro atoms. The number of aryl methyl sites for hydroxylation is 1. The van der Waals surface area contributed by atoms with Gasteiger partial charge in [-0.1, -0.05) is 36.8 Å². The zero-order valence-corrected chi connectivity index (χ0v) is 12.6. The molecule has 2 rings (SSSR count). The predicted molar refractivity (Wildman–Crippen MR) is 79.9 cm³/mol. The molecule has 0 aromatic heterocycles. The molecule has 0 saturated heterocycles. The van der Waals surface area contributed by atoms with Crippen molar-refractivity contribution in [2.75, 3.05) is 0 Å². The summed E-state index contributed by atoms with van der Waals surface area (Å²) in [6.07, 6.45) is 0.799. The van der Waals surface area contributed by atoms with Gasteiger partial charge in [-0.05, 0) is 36.8 Å².